The Hall–Kier alpha value is -2.62. The van der Waals surface area contributed by atoms with E-state index >= 15 is 0 Å². The van der Waals surface area contributed by atoms with Crippen molar-refractivity contribution in [2.75, 3.05) is 6.61 Å². The van der Waals surface area contributed by atoms with E-state index in [0.717, 1.165) is 31.4 Å². The molecule has 2 aromatic rings. The van der Waals surface area contributed by atoms with Gasteiger partial charge in [0.25, 0.3) is 0 Å². The summed E-state index contributed by atoms with van der Waals surface area (Å²) < 4.78 is 11.4. The predicted octanol–water partition coefficient (Wildman–Crippen LogP) is 6.24. The summed E-state index contributed by atoms with van der Waals surface area (Å²) in [6.45, 7) is 2.89. The van der Waals surface area contributed by atoms with Gasteiger partial charge >= 0.3 is 5.97 Å². The van der Waals surface area contributed by atoms with Crippen LogP contribution in [0.1, 0.15) is 68.6 Å². The van der Waals surface area contributed by atoms with Gasteiger partial charge in [-0.1, -0.05) is 69.4 Å². The van der Waals surface area contributed by atoms with E-state index in [-0.39, 0.29) is 23.6 Å². The maximum atomic E-state index is 13.0. The standard InChI is InChI=1S/C26H32O4/c1-2-3-4-10-19-29-21-15-17-22(18-16-21)30-26(28)24-14-9-8-13-23(24)25(27)20-11-6-5-7-12-20/h5-7,11-12,15-18,23-24H,2-4,8-10,13-14,19H2,1H3/t23-,24-/m1/s1. The number of hydrogen-bond donors (Lipinski definition) is 0. The molecule has 0 spiro atoms. The Morgan fingerprint density at radius 3 is 2.20 bits per heavy atom. The van der Waals surface area contributed by atoms with Crippen LogP contribution in [0.15, 0.2) is 54.6 Å². The summed E-state index contributed by atoms with van der Waals surface area (Å²) in [6.07, 6.45) is 8.01. The van der Waals surface area contributed by atoms with Crippen LogP contribution in [0.25, 0.3) is 0 Å². The Balaban J connectivity index is 1.56. The number of esters is 1. The van der Waals surface area contributed by atoms with Gasteiger partial charge in [0, 0.05) is 11.5 Å². The highest BCUT2D eigenvalue weighted by Gasteiger charge is 2.37. The number of ketones is 1. The molecule has 2 atom stereocenters. The molecule has 160 valence electrons. The third-order valence-electron chi connectivity index (χ3n) is 5.77. The molecule has 1 aliphatic carbocycles. The van der Waals surface area contributed by atoms with Crippen molar-refractivity contribution in [3.8, 4) is 11.5 Å². The fourth-order valence-corrected chi connectivity index (χ4v) is 4.06. The minimum atomic E-state index is -0.388. The molecule has 0 saturated heterocycles. The number of rotatable bonds is 10. The van der Waals surface area contributed by atoms with E-state index in [9.17, 15) is 9.59 Å². The minimum Gasteiger partial charge on any atom is -0.494 e. The Bertz CT molecular complexity index is 798. The Morgan fingerprint density at radius 2 is 1.50 bits per heavy atom. The number of Topliss-reactive ketones (excluding diaryl/α,β-unsaturated/α-hetero) is 1. The molecule has 1 fully saturated rings. The van der Waals surface area contributed by atoms with E-state index in [1.165, 1.54) is 19.3 Å². The van der Waals surface area contributed by atoms with Crippen molar-refractivity contribution >= 4 is 11.8 Å². The highest BCUT2D eigenvalue weighted by molar-refractivity contribution is 6.00. The van der Waals surface area contributed by atoms with Gasteiger partial charge in [-0.25, -0.2) is 0 Å². The van der Waals surface area contributed by atoms with Crippen molar-refractivity contribution in [3.05, 3.63) is 60.2 Å². The van der Waals surface area contributed by atoms with Gasteiger partial charge in [-0.05, 0) is 43.5 Å². The summed E-state index contributed by atoms with van der Waals surface area (Å²) in [7, 11) is 0. The normalized spacial score (nSPS) is 18.6. The zero-order valence-corrected chi connectivity index (χ0v) is 17.8. The van der Waals surface area contributed by atoms with Crippen molar-refractivity contribution in [1.82, 2.24) is 0 Å². The zero-order valence-electron chi connectivity index (χ0n) is 17.8. The van der Waals surface area contributed by atoms with Crippen LogP contribution in [-0.2, 0) is 4.79 Å². The summed E-state index contributed by atoms with van der Waals surface area (Å²) >= 11 is 0. The Morgan fingerprint density at radius 1 is 0.833 bits per heavy atom. The molecule has 0 heterocycles. The molecular weight excluding hydrogens is 376 g/mol. The monoisotopic (exact) mass is 408 g/mol. The summed E-state index contributed by atoms with van der Waals surface area (Å²) in [4.78, 5) is 25.8. The Labute approximate surface area is 179 Å². The van der Waals surface area contributed by atoms with Gasteiger partial charge in [0.1, 0.15) is 11.5 Å². The van der Waals surface area contributed by atoms with Crippen LogP contribution in [0.3, 0.4) is 0 Å². The van der Waals surface area contributed by atoms with E-state index in [1.807, 2.05) is 42.5 Å². The second-order valence-corrected chi connectivity index (χ2v) is 8.03. The first-order valence-electron chi connectivity index (χ1n) is 11.2. The van der Waals surface area contributed by atoms with Crippen LogP contribution in [0.5, 0.6) is 11.5 Å². The number of carbonyl (C=O) groups is 2. The first-order valence-corrected chi connectivity index (χ1v) is 11.2. The van der Waals surface area contributed by atoms with Crippen molar-refractivity contribution in [2.45, 2.75) is 58.3 Å². The molecule has 4 heteroatoms. The third kappa shape index (κ3) is 6.19. The molecule has 0 N–H and O–H groups in total. The fourth-order valence-electron chi connectivity index (χ4n) is 4.06. The molecule has 1 aliphatic rings. The highest BCUT2D eigenvalue weighted by atomic mass is 16.5. The van der Waals surface area contributed by atoms with Crippen LogP contribution >= 0.6 is 0 Å². The second kappa shape index (κ2) is 11.5. The van der Waals surface area contributed by atoms with Crippen molar-refractivity contribution in [2.24, 2.45) is 11.8 Å². The van der Waals surface area contributed by atoms with Gasteiger partial charge < -0.3 is 9.47 Å². The van der Waals surface area contributed by atoms with Gasteiger partial charge in [-0.2, -0.15) is 0 Å². The fraction of sp³-hybridized carbons (Fsp3) is 0.462. The van der Waals surface area contributed by atoms with Gasteiger partial charge in [0.2, 0.25) is 0 Å². The molecule has 0 radical (unpaired) electrons. The number of ether oxygens (including phenoxy) is 2. The van der Waals surface area contributed by atoms with Crippen molar-refractivity contribution in [3.63, 3.8) is 0 Å². The lowest BCUT2D eigenvalue weighted by atomic mass is 9.75. The van der Waals surface area contributed by atoms with E-state index in [1.54, 1.807) is 12.1 Å². The average Bonchev–Trinajstić information content (AvgIpc) is 2.80. The smallest absolute Gasteiger partial charge is 0.315 e. The number of hydrogen-bond acceptors (Lipinski definition) is 4. The molecule has 3 rings (SSSR count). The van der Waals surface area contributed by atoms with Gasteiger partial charge in [0.15, 0.2) is 5.78 Å². The van der Waals surface area contributed by atoms with Crippen molar-refractivity contribution in [1.29, 1.82) is 0 Å². The second-order valence-electron chi connectivity index (χ2n) is 8.03. The van der Waals surface area contributed by atoms with Crippen LogP contribution in [0, 0.1) is 11.8 Å². The van der Waals surface area contributed by atoms with Crippen LogP contribution in [0.4, 0.5) is 0 Å². The molecule has 0 bridgehead atoms. The lowest BCUT2D eigenvalue weighted by Crippen LogP contribution is -2.35. The van der Waals surface area contributed by atoms with E-state index in [0.29, 0.717) is 24.3 Å². The lowest BCUT2D eigenvalue weighted by Gasteiger charge is -2.28. The molecular formula is C26H32O4. The van der Waals surface area contributed by atoms with Crippen LogP contribution in [-0.4, -0.2) is 18.4 Å². The van der Waals surface area contributed by atoms with Crippen molar-refractivity contribution < 1.29 is 19.1 Å². The molecule has 0 aliphatic heterocycles. The maximum absolute atomic E-state index is 13.0. The predicted molar refractivity (Wildman–Crippen MR) is 118 cm³/mol. The molecule has 1 saturated carbocycles. The van der Waals surface area contributed by atoms with E-state index in [2.05, 4.69) is 6.92 Å². The highest BCUT2D eigenvalue weighted by Crippen LogP contribution is 2.34. The molecule has 0 amide bonds. The summed E-state index contributed by atoms with van der Waals surface area (Å²) in [5, 5.41) is 0. The first kappa shape index (κ1) is 22.1. The SMILES string of the molecule is CCCCCCOc1ccc(OC(=O)[C@@H]2CCCC[C@H]2C(=O)c2ccccc2)cc1. The van der Waals surface area contributed by atoms with Crippen LogP contribution < -0.4 is 9.47 Å². The average molecular weight is 409 g/mol. The third-order valence-corrected chi connectivity index (χ3v) is 5.77. The molecule has 0 aromatic heterocycles. The minimum absolute atomic E-state index is 0.0454. The van der Waals surface area contributed by atoms with Gasteiger partial charge in [-0.3, -0.25) is 9.59 Å². The molecule has 30 heavy (non-hydrogen) atoms. The molecule has 4 nitrogen and oxygen atoms in total. The van der Waals surface area contributed by atoms with Crippen LogP contribution in [0.2, 0.25) is 0 Å². The zero-order chi connectivity index (χ0) is 21.2. The lowest BCUT2D eigenvalue weighted by molar-refractivity contribution is -0.141. The summed E-state index contributed by atoms with van der Waals surface area (Å²) in [5.41, 5.74) is 0.669. The topological polar surface area (TPSA) is 52.6 Å². The van der Waals surface area contributed by atoms with E-state index < -0.39 is 0 Å². The molecule has 2 aromatic carbocycles. The number of carbonyl (C=O) groups excluding carboxylic acids is 2. The largest absolute Gasteiger partial charge is 0.494 e. The Kier molecular flexibility index (Phi) is 8.49. The first-order chi connectivity index (χ1) is 14.7. The summed E-state index contributed by atoms with van der Waals surface area (Å²) in [6, 6.07) is 16.4. The number of unbranched alkanes of at least 4 members (excludes halogenated alkanes) is 3. The maximum Gasteiger partial charge on any atom is 0.315 e. The molecule has 0 unspecified atom stereocenters. The summed E-state index contributed by atoms with van der Waals surface area (Å²) in [5.74, 6) is 0.317. The quantitative estimate of drug-likeness (QED) is 0.202. The van der Waals surface area contributed by atoms with Gasteiger partial charge in [0.05, 0.1) is 12.5 Å². The number of benzene rings is 2. The van der Waals surface area contributed by atoms with E-state index in [4.69, 9.17) is 9.47 Å². The van der Waals surface area contributed by atoms with Gasteiger partial charge in [-0.15, -0.1) is 0 Å².